The van der Waals surface area contributed by atoms with Gasteiger partial charge in [0.1, 0.15) is 0 Å². The van der Waals surface area contributed by atoms with E-state index in [0.29, 0.717) is 0 Å². The number of hydrogen-bond donors (Lipinski definition) is 1. The van der Waals surface area contributed by atoms with Crippen LogP contribution in [0.4, 0.5) is 0 Å². The van der Waals surface area contributed by atoms with E-state index in [1.807, 2.05) is 49.1 Å². The molecule has 1 atom stereocenters. The van der Waals surface area contributed by atoms with Crippen molar-refractivity contribution in [3.63, 3.8) is 0 Å². The predicted molar refractivity (Wildman–Crippen MR) is 68.6 cm³/mol. The number of aromatic nitrogens is 2. The molecule has 3 nitrogen and oxygen atoms in total. The molecule has 84 valence electrons. The van der Waals surface area contributed by atoms with E-state index in [1.165, 1.54) is 0 Å². The molecule has 0 saturated carbocycles. The summed E-state index contributed by atoms with van der Waals surface area (Å²) in [6.07, 6.45) is 3.83. The molecule has 1 unspecified atom stereocenters. The summed E-state index contributed by atoms with van der Waals surface area (Å²) in [4.78, 5) is 0. The third-order valence-electron chi connectivity index (χ3n) is 2.44. The first-order chi connectivity index (χ1) is 7.58. The van der Waals surface area contributed by atoms with Crippen LogP contribution in [-0.2, 0) is 0 Å². The molecular formula is C12H14BrN3. The van der Waals surface area contributed by atoms with E-state index in [1.54, 1.807) is 0 Å². The molecule has 2 rings (SSSR count). The van der Waals surface area contributed by atoms with Crippen molar-refractivity contribution in [3.8, 4) is 5.69 Å². The maximum atomic E-state index is 5.95. The highest BCUT2D eigenvalue weighted by Crippen LogP contribution is 2.24. The number of rotatable bonds is 2. The second kappa shape index (κ2) is 4.39. The second-order valence-corrected chi connectivity index (χ2v) is 4.87. The van der Waals surface area contributed by atoms with Crippen molar-refractivity contribution in [2.24, 2.45) is 5.73 Å². The minimum absolute atomic E-state index is 0.00685. The zero-order valence-corrected chi connectivity index (χ0v) is 10.9. The Morgan fingerprint density at radius 1 is 1.44 bits per heavy atom. The number of hydrogen-bond acceptors (Lipinski definition) is 2. The lowest BCUT2D eigenvalue weighted by atomic mass is 10.1. The third-order valence-corrected chi connectivity index (χ3v) is 2.93. The van der Waals surface area contributed by atoms with Gasteiger partial charge in [0.05, 0.1) is 11.9 Å². The van der Waals surface area contributed by atoms with E-state index < -0.39 is 0 Å². The smallest absolute Gasteiger partial charge is 0.0704 e. The van der Waals surface area contributed by atoms with Gasteiger partial charge in [-0.15, -0.1) is 0 Å². The van der Waals surface area contributed by atoms with Gasteiger partial charge in [-0.1, -0.05) is 22.0 Å². The number of nitrogens with two attached hydrogens (primary N) is 1. The van der Waals surface area contributed by atoms with Crippen LogP contribution in [0, 0.1) is 6.92 Å². The van der Waals surface area contributed by atoms with Crippen LogP contribution in [0.3, 0.4) is 0 Å². The fraction of sp³-hybridized carbons (Fsp3) is 0.250. The molecular weight excluding hydrogens is 266 g/mol. The van der Waals surface area contributed by atoms with E-state index in [0.717, 1.165) is 21.3 Å². The number of nitrogens with zero attached hydrogens (tertiary/aromatic N) is 2. The number of aryl methyl sites for hydroxylation is 1. The Balaban J connectivity index is 2.57. The average Bonchev–Trinajstić information content (AvgIpc) is 2.64. The fourth-order valence-electron chi connectivity index (χ4n) is 1.64. The van der Waals surface area contributed by atoms with Gasteiger partial charge in [-0.2, -0.15) is 5.10 Å². The Kier molecular flexibility index (Phi) is 3.12. The van der Waals surface area contributed by atoms with Crippen molar-refractivity contribution in [1.29, 1.82) is 0 Å². The quantitative estimate of drug-likeness (QED) is 0.919. The van der Waals surface area contributed by atoms with Gasteiger partial charge in [-0.25, -0.2) is 4.68 Å². The minimum atomic E-state index is -0.00685. The first-order valence-electron chi connectivity index (χ1n) is 5.14. The molecule has 0 fully saturated rings. The van der Waals surface area contributed by atoms with Crippen LogP contribution in [0.1, 0.15) is 24.1 Å². The van der Waals surface area contributed by atoms with Gasteiger partial charge in [0.15, 0.2) is 0 Å². The van der Waals surface area contributed by atoms with Gasteiger partial charge < -0.3 is 5.73 Å². The lowest BCUT2D eigenvalue weighted by Crippen LogP contribution is -2.10. The summed E-state index contributed by atoms with van der Waals surface area (Å²) >= 11 is 3.47. The van der Waals surface area contributed by atoms with Crippen LogP contribution < -0.4 is 5.73 Å². The van der Waals surface area contributed by atoms with E-state index in [-0.39, 0.29) is 6.04 Å². The molecule has 1 heterocycles. The molecule has 1 aromatic carbocycles. The summed E-state index contributed by atoms with van der Waals surface area (Å²) in [5.41, 5.74) is 9.20. The van der Waals surface area contributed by atoms with Crippen LogP contribution in [0.25, 0.3) is 5.69 Å². The SMILES string of the molecule is Cc1cnn(-c2cc(Br)ccc2C(C)N)c1. The monoisotopic (exact) mass is 279 g/mol. The van der Waals surface area contributed by atoms with Gasteiger partial charge in [-0.3, -0.25) is 0 Å². The lowest BCUT2D eigenvalue weighted by molar-refractivity contribution is 0.780. The molecule has 0 spiro atoms. The zero-order valence-electron chi connectivity index (χ0n) is 9.31. The first kappa shape index (κ1) is 11.4. The zero-order chi connectivity index (χ0) is 11.7. The van der Waals surface area contributed by atoms with Crippen molar-refractivity contribution < 1.29 is 0 Å². The van der Waals surface area contributed by atoms with Gasteiger partial charge >= 0.3 is 0 Å². The fourth-order valence-corrected chi connectivity index (χ4v) is 1.99. The van der Waals surface area contributed by atoms with Crippen molar-refractivity contribution in [1.82, 2.24) is 9.78 Å². The van der Waals surface area contributed by atoms with Crippen molar-refractivity contribution >= 4 is 15.9 Å². The maximum Gasteiger partial charge on any atom is 0.0704 e. The predicted octanol–water partition coefficient (Wildman–Crippen LogP) is 2.96. The van der Waals surface area contributed by atoms with Crippen LogP contribution in [0.5, 0.6) is 0 Å². The van der Waals surface area contributed by atoms with E-state index in [9.17, 15) is 0 Å². The van der Waals surface area contributed by atoms with Crippen LogP contribution in [0.15, 0.2) is 35.1 Å². The van der Waals surface area contributed by atoms with Gasteiger partial charge in [0.25, 0.3) is 0 Å². The topological polar surface area (TPSA) is 43.8 Å². The Hall–Kier alpha value is -1.13. The second-order valence-electron chi connectivity index (χ2n) is 3.95. The lowest BCUT2D eigenvalue weighted by Gasteiger charge is -2.13. The first-order valence-corrected chi connectivity index (χ1v) is 5.94. The molecule has 1 aromatic heterocycles. The highest BCUT2D eigenvalue weighted by molar-refractivity contribution is 9.10. The molecule has 4 heteroatoms. The largest absolute Gasteiger partial charge is 0.324 e. The van der Waals surface area contributed by atoms with Crippen molar-refractivity contribution in [3.05, 3.63) is 46.2 Å². The molecule has 0 amide bonds. The molecule has 2 aromatic rings. The summed E-state index contributed by atoms with van der Waals surface area (Å²) in [5, 5.41) is 4.31. The molecule has 0 bridgehead atoms. The molecule has 0 aliphatic rings. The van der Waals surface area contributed by atoms with Crippen LogP contribution in [0.2, 0.25) is 0 Å². The van der Waals surface area contributed by atoms with Crippen molar-refractivity contribution in [2.75, 3.05) is 0 Å². The summed E-state index contributed by atoms with van der Waals surface area (Å²) in [6.45, 7) is 4.00. The number of halogens is 1. The van der Waals surface area contributed by atoms with E-state index in [4.69, 9.17) is 5.73 Å². The van der Waals surface area contributed by atoms with Gasteiger partial charge in [0.2, 0.25) is 0 Å². The summed E-state index contributed by atoms with van der Waals surface area (Å²) in [7, 11) is 0. The summed E-state index contributed by atoms with van der Waals surface area (Å²) in [6, 6.07) is 6.05. The van der Waals surface area contributed by atoms with E-state index in [2.05, 4.69) is 21.0 Å². The Labute approximate surface area is 103 Å². The Morgan fingerprint density at radius 2 is 2.19 bits per heavy atom. The van der Waals surface area contributed by atoms with Gasteiger partial charge in [-0.05, 0) is 37.1 Å². The maximum absolute atomic E-state index is 5.95. The Morgan fingerprint density at radius 3 is 2.75 bits per heavy atom. The third kappa shape index (κ3) is 2.18. The van der Waals surface area contributed by atoms with Crippen LogP contribution >= 0.6 is 15.9 Å². The summed E-state index contributed by atoms with van der Waals surface area (Å²) in [5.74, 6) is 0. The Bertz CT molecular complexity index is 503. The molecule has 0 aliphatic carbocycles. The molecule has 0 aliphatic heterocycles. The van der Waals surface area contributed by atoms with Gasteiger partial charge in [0, 0.05) is 16.7 Å². The molecule has 0 radical (unpaired) electrons. The number of benzene rings is 1. The van der Waals surface area contributed by atoms with Crippen molar-refractivity contribution in [2.45, 2.75) is 19.9 Å². The summed E-state index contributed by atoms with van der Waals surface area (Å²) < 4.78 is 2.89. The minimum Gasteiger partial charge on any atom is -0.324 e. The van der Waals surface area contributed by atoms with Crippen LogP contribution in [-0.4, -0.2) is 9.78 Å². The molecule has 16 heavy (non-hydrogen) atoms. The average molecular weight is 280 g/mol. The standard InChI is InChI=1S/C12H14BrN3/c1-8-6-15-16(7-8)12-5-10(13)3-4-11(12)9(2)14/h3-7,9H,14H2,1-2H3. The molecule has 0 saturated heterocycles. The highest BCUT2D eigenvalue weighted by Gasteiger charge is 2.09. The normalized spacial score (nSPS) is 12.8. The van der Waals surface area contributed by atoms with E-state index >= 15 is 0 Å². The molecule has 2 N–H and O–H groups in total. The highest BCUT2D eigenvalue weighted by atomic mass is 79.9.